The van der Waals surface area contributed by atoms with Gasteiger partial charge in [0.25, 0.3) is 0 Å². The molecule has 0 aromatic heterocycles. The second-order valence-corrected chi connectivity index (χ2v) is 4.44. The van der Waals surface area contributed by atoms with Gasteiger partial charge in [-0.15, -0.1) is 0 Å². The molecular weight excluding hydrogens is 158 g/mol. The fourth-order valence-corrected chi connectivity index (χ4v) is 2.24. The molecule has 0 aliphatic carbocycles. The van der Waals surface area contributed by atoms with E-state index >= 15 is 0 Å². The Morgan fingerprint density at radius 1 is 1.08 bits per heavy atom. The largest absolute Gasteiger partial charge is 0.311 e. The minimum Gasteiger partial charge on any atom is -0.311 e. The molecule has 0 aromatic carbocycles. The number of hydrogen-bond acceptors (Lipinski definition) is 1. The van der Waals surface area contributed by atoms with Gasteiger partial charge in [0.05, 0.1) is 0 Å². The third-order valence-electron chi connectivity index (χ3n) is 3.63. The van der Waals surface area contributed by atoms with Crippen molar-refractivity contribution in [3.63, 3.8) is 0 Å². The van der Waals surface area contributed by atoms with Crippen LogP contribution in [0, 0.1) is 11.8 Å². The smallest absolute Gasteiger partial charge is 0.0221 e. The van der Waals surface area contributed by atoms with Crippen LogP contribution < -0.4 is 5.32 Å². The normalized spacial score (nSPS) is 23.5. The van der Waals surface area contributed by atoms with Gasteiger partial charge in [-0.3, -0.25) is 0 Å². The van der Waals surface area contributed by atoms with E-state index in [9.17, 15) is 0 Å². The molecule has 1 rings (SSSR count). The first kappa shape index (κ1) is 11.0. The summed E-state index contributed by atoms with van der Waals surface area (Å²) in [6, 6.07) is 0.874. The van der Waals surface area contributed by atoms with Gasteiger partial charge in [-0.25, -0.2) is 0 Å². The molecule has 1 aliphatic heterocycles. The van der Waals surface area contributed by atoms with Gasteiger partial charge in [0, 0.05) is 12.6 Å². The van der Waals surface area contributed by atoms with E-state index < -0.39 is 0 Å². The predicted molar refractivity (Wildman–Crippen MR) is 58.9 cm³/mol. The third-order valence-corrected chi connectivity index (χ3v) is 3.63. The summed E-state index contributed by atoms with van der Waals surface area (Å²) in [7, 11) is 0. The maximum Gasteiger partial charge on any atom is 0.0221 e. The van der Waals surface area contributed by atoms with E-state index in [-0.39, 0.29) is 0 Å². The van der Waals surface area contributed by atoms with Crippen molar-refractivity contribution >= 4 is 0 Å². The highest BCUT2D eigenvalue weighted by Crippen LogP contribution is 2.25. The summed E-state index contributed by atoms with van der Waals surface area (Å²) < 4.78 is 0. The number of nitrogens with one attached hydrogen (secondary N) is 1. The first-order valence-corrected chi connectivity index (χ1v) is 6.05. The predicted octanol–water partition coefficient (Wildman–Crippen LogP) is 3.20. The SMILES string of the molecule is CCC(CC)CCC(CC)C1CN1. The first-order valence-electron chi connectivity index (χ1n) is 6.05. The molecule has 2 unspecified atom stereocenters. The highest BCUT2D eigenvalue weighted by molar-refractivity contribution is 4.89. The van der Waals surface area contributed by atoms with Gasteiger partial charge in [0.2, 0.25) is 0 Å². The van der Waals surface area contributed by atoms with Crippen LogP contribution >= 0.6 is 0 Å². The molecule has 0 radical (unpaired) electrons. The Hall–Kier alpha value is -0.0400. The maximum atomic E-state index is 3.45. The number of rotatable bonds is 7. The van der Waals surface area contributed by atoms with Crippen molar-refractivity contribution in [3.8, 4) is 0 Å². The van der Waals surface area contributed by atoms with Crippen molar-refractivity contribution < 1.29 is 0 Å². The van der Waals surface area contributed by atoms with Crippen molar-refractivity contribution in [3.05, 3.63) is 0 Å². The van der Waals surface area contributed by atoms with E-state index in [4.69, 9.17) is 0 Å². The molecule has 1 N–H and O–H groups in total. The molecule has 0 bridgehead atoms. The Morgan fingerprint density at radius 3 is 2.08 bits per heavy atom. The van der Waals surface area contributed by atoms with Gasteiger partial charge in [-0.2, -0.15) is 0 Å². The van der Waals surface area contributed by atoms with Crippen molar-refractivity contribution in [1.82, 2.24) is 5.32 Å². The van der Waals surface area contributed by atoms with Crippen molar-refractivity contribution in [2.24, 2.45) is 11.8 Å². The Kier molecular flexibility index (Phi) is 4.79. The summed E-state index contributed by atoms with van der Waals surface area (Å²) in [5.74, 6) is 1.94. The van der Waals surface area contributed by atoms with E-state index in [1.54, 1.807) is 0 Å². The van der Waals surface area contributed by atoms with Crippen LogP contribution in [0.4, 0.5) is 0 Å². The van der Waals surface area contributed by atoms with Crippen LogP contribution in [0.1, 0.15) is 52.9 Å². The molecule has 0 saturated carbocycles. The summed E-state index contributed by atoms with van der Waals surface area (Å²) in [4.78, 5) is 0. The monoisotopic (exact) mass is 183 g/mol. The van der Waals surface area contributed by atoms with Crippen LogP contribution in [0.2, 0.25) is 0 Å². The lowest BCUT2D eigenvalue weighted by atomic mass is 9.89. The van der Waals surface area contributed by atoms with Gasteiger partial charge < -0.3 is 5.32 Å². The zero-order valence-electron chi connectivity index (χ0n) is 9.47. The maximum absolute atomic E-state index is 3.45. The van der Waals surface area contributed by atoms with Crippen molar-refractivity contribution in [2.45, 2.75) is 58.9 Å². The van der Waals surface area contributed by atoms with Crippen LogP contribution in [-0.4, -0.2) is 12.6 Å². The van der Waals surface area contributed by atoms with E-state index in [1.165, 1.54) is 38.6 Å². The lowest BCUT2D eigenvalue weighted by Crippen LogP contribution is -2.11. The van der Waals surface area contributed by atoms with E-state index in [0.29, 0.717) is 0 Å². The van der Waals surface area contributed by atoms with Gasteiger partial charge in [0.15, 0.2) is 0 Å². The van der Waals surface area contributed by atoms with Crippen molar-refractivity contribution in [2.75, 3.05) is 6.54 Å². The molecule has 0 amide bonds. The second kappa shape index (κ2) is 5.64. The van der Waals surface area contributed by atoms with Crippen LogP contribution in [0.15, 0.2) is 0 Å². The molecule has 1 aliphatic rings. The zero-order valence-corrected chi connectivity index (χ0v) is 9.47. The molecule has 13 heavy (non-hydrogen) atoms. The summed E-state index contributed by atoms with van der Waals surface area (Å²) >= 11 is 0. The van der Waals surface area contributed by atoms with Crippen LogP contribution in [0.25, 0.3) is 0 Å². The van der Waals surface area contributed by atoms with Gasteiger partial charge in [-0.05, 0) is 18.3 Å². The minimum absolute atomic E-state index is 0.874. The number of hydrogen-bond donors (Lipinski definition) is 1. The topological polar surface area (TPSA) is 21.9 Å². The lowest BCUT2D eigenvalue weighted by Gasteiger charge is -2.17. The van der Waals surface area contributed by atoms with E-state index in [2.05, 4.69) is 26.1 Å². The first-order chi connectivity index (χ1) is 6.31. The Labute approximate surface area is 83.3 Å². The summed E-state index contributed by atoms with van der Waals surface area (Å²) in [5, 5.41) is 3.45. The highest BCUT2D eigenvalue weighted by atomic mass is 15.1. The Bertz CT molecular complexity index is 125. The summed E-state index contributed by atoms with van der Waals surface area (Å²) in [6.45, 7) is 8.26. The molecule has 0 spiro atoms. The Morgan fingerprint density at radius 2 is 1.69 bits per heavy atom. The molecule has 0 aromatic rings. The van der Waals surface area contributed by atoms with Crippen LogP contribution in [0.3, 0.4) is 0 Å². The standard InChI is InChI=1S/C12H25N/c1-4-10(5-2)7-8-11(6-3)12-9-13-12/h10-13H,4-9H2,1-3H3. The van der Waals surface area contributed by atoms with Crippen LogP contribution in [0.5, 0.6) is 0 Å². The van der Waals surface area contributed by atoms with Gasteiger partial charge in [0.1, 0.15) is 0 Å². The average Bonchev–Trinajstić information content (AvgIpc) is 2.96. The van der Waals surface area contributed by atoms with Crippen molar-refractivity contribution in [1.29, 1.82) is 0 Å². The van der Waals surface area contributed by atoms with E-state index in [1.807, 2.05) is 0 Å². The summed E-state index contributed by atoms with van der Waals surface area (Å²) in [6.07, 6.45) is 6.98. The highest BCUT2D eigenvalue weighted by Gasteiger charge is 2.28. The van der Waals surface area contributed by atoms with Gasteiger partial charge >= 0.3 is 0 Å². The van der Waals surface area contributed by atoms with E-state index in [0.717, 1.165) is 17.9 Å². The average molecular weight is 183 g/mol. The fraction of sp³-hybridized carbons (Fsp3) is 1.00. The molecular formula is C12H25N. The molecule has 1 heteroatoms. The minimum atomic E-state index is 0.874. The Balaban J connectivity index is 2.14. The fourth-order valence-electron chi connectivity index (χ4n) is 2.24. The molecule has 1 heterocycles. The quantitative estimate of drug-likeness (QED) is 0.601. The van der Waals surface area contributed by atoms with Crippen LogP contribution in [-0.2, 0) is 0 Å². The zero-order chi connectivity index (χ0) is 9.68. The lowest BCUT2D eigenvalue weighted by molar-refractivity contribution is 0.365. The molecule has 1 saturated heterocycles. The molecule has 1 fully saturated rings. The molecule has 1 nitrogen and oxygen atoms in total. The second-order valence-electron chi connectivity index (χ2n) is 4.44. The molecule has 78 valence electrons. The van der Waals surface area contributed by atoms with Gasteiger partial charge in [-0.1, -0.05) is 46.5 Å². The third kappa shape index (κ3) is 3.68. The summed E-state index contributed by atoms with van der Waals surface area (Å²) in [5.41, 5.74) is 0. The molecule has 2 atom stereocenters.